The summed E-state index contributed by atoms with van der Waals surface area (Å²) in [6.07, 6.45) is 3.43. The number of nitrogens with zero attached hydrogens (tertiary/aromatic N) is 5. The van der Waals surface area contributed by atoms with E-state index in [1.54, 1.807) is 31.6 Å². The number of carbonyl (C=O) groups is 2. The van der Waals surface area contributed by atoms with Crippen molar-refractivity contribution in [1.82, 2.24) is 19.8 Å². The molecule has 0 spiro atoms. The molecule has 0 saturated carbocycles. The molecule has 1 saturated heterocycles. The first-order valence-corrected chi connectivity index (χ1v) is 9.08. The number of hydrogen-bond acceptors (Lipinski definition) is 7. The Morgan fingerprint density at radius 2 is 1.54 bits per heavy atom. The molecule has 0 bridgehead atoms. The molecular formula is C20H21N5O3. The second kappa shape index (κ2) is 7.30. The molecule has 4 rings (SSSR count). The van der Waals surface area contributed by atoms with E-state index in [2.05, 4.69) is 14.9 Å². The number of rotatable bonds is 4. The molecule has 2 aliphatic heterocycles. The van der Waals surface area contributed by atoms with Crippen molar-refractivity contribution in [3.63, 3.8) is 0 Å². The Kier molecular flexibility index (Phi) is 4.68. The van der Waals surface area contributed by atoms with Gasteiger partial charge in [0.15, 0.2) is 0 Å². The zero-order chi connectivity index (χ0) is 19.7. The van der Waals surface area contributed by atoms with Crippen LogP contribution in [0.1, 0.15) is 5.56 Å². The third-order valence-electron chi connectivity index (χ3n) is 5.07. The maximum atomic E-state index is 12.9. The van der Waals surface area contributed by atoms with Gasteiger partial charge in [-0.3, -0.25) is 14.5 Å². The first-order valence-electron chi connectivity index (χ1n) is 9.08. The summed E-state index contributed by atoms with van der Waals surface area (Å²) < 4.78 is 5.43. The molecule has 8 nitrogen and oxygen atoms in total. The van der Waals surface area contributed by atoms with E-state index in [9.17, 15) is 9.59 Å². The van der Waals surface area contributed by atoms with Gasteiger partial charge in [0.1, 0.15) is 11.4 Å². The Balaban J connectivity index is 1.67. The van der Waals surface area contributed by atoms with Crippen LogP contribution in [0.2, 0.25) is 0 Å². The van der Waals surface area contributed by atoms with Crippen LogP contribution in [0.15, 0.2) is 48.4 Å². The van der Waals surface area contributed by atoms with Crippen molar-refractivity contribution in [1.29, 1.82) is 0 Å². The van der Waals surface area contributed by atoms with E-state index in [0.29, 0.717) is 54.7 Å². The summed E-state index contributed by atoms with van der Waals surface area (Å²) in [7, 11) is 3.07. The normalized spacial score (nSPS) is 17.6. The summed E-state index contributed by atoms with van der Waals surface area (Å²) >= 11 is 0. The summed E-state index contributed by atoms with van der Waals surface area (Å²) in [6, 6.07) is 9.06. The standard InChI is InChI=1S/C20H21N5O3/c1-23-18(26)16(14-6-3-4-7-15(14)28-2)17(19(23)27)24-10-12-25(13-11-24)20-21-8-5-9-22-20/h3-9H,10-13H2,1-2H3. The summed E-state index contributed by atoms with van der Waals surface area (Å²) in [4.78, 5) is 39.5. The third-order valence-corrected chi connectivity index (χ3v) is 5.07. The van der Waals surface area contributed by atoms with E-state index in [-0.39, 0.29) is 11.8 Å². The van der Waals surface area contributed by atoms with Crippen molar-refractivity contribution in [2.75, 3.05) is 45.2 Å². The van der Waals surface area contributed by atoms with Gasteiger partial charge in [0.05, 0.1) is 12.7 Å². The molecule has 2 aromatic rings. The molecule has 1 aromatic heterocycles. The first kappa shape index (κ1) is 18.0. The van der Waals surface area contributed by atoms with Crippen LogP contribution in [-0.2, 0) is 9.59 Å². The van der Waals surface area contributed by atoms with E-state index < -0.39 is 0 Å². The van der Waals surface area contributed by atoms with Gasteiger partial charge in [-0.25, -0.2) is 9.97 Å². The topological polar surface area (TPSA) is 78.9 Å². The minimum Gasteiger partial charge on any atom is -0.496 e. The van der Waals surface area contributed by atoms with Crippen molar-refractivity contribution in [3.8, 4) is 5.75 Å². The van der Waals surface area contributed by atoms with Crippen molar-refractivity contribution in [2.24, 2.45) is 0 Å². The maximum absolute atomic E-state index is 12.9. The summed E-state index contributed by atoms with van der Waals surface area (Å²) in [6.45, 7) is 2.52. The Morgan fingerprint density at radius 3 is 2.21 bits per heavy atom. The van der Waals surface area contributed by atoms with Gasteiger partial charge in [0, 0.05) is 51.2 Å². The summed E-state index contributed by atoms with van der Waals surface area (Å²) in [5.74, 6) is 0.656. The number of likely N-dealkylation sites (N-methyl/N-ethyl adjacent to an activating group) is 1. The number of methoxy groups -OCH3 is 1. The quantitative estimate of drug-likeness (QED) is 0.734. The van der Waals surface area contributed by atoms with E-state index in [1.807, 2.05) is 23.1 Å². The van der Waals surface area contributed by atoms with E-state index >= 15 is 0 Å². The number of piperazine rings is 1. The van der Waals surface area contributed by atoms with Gasteiger partial charge in [-0.2, -0.15) is 0 Å². The predicted molar refractivity (Wildman–Crippen MR) is 104 cm³/mol. The highest BCUT2D eigenvalue weighted by atomic mass is 16.5. The number of para-hydroxylation sites is 1. The second-order valence-electron chi connectivity index (χ2n) is 6.62. The summed E-state index contributed by atoms with van der Waals surface area (Å²) in [5, 5.41) is 0. The molecule has 0 aliphatic carbocycles. The average Bonchev–Trinajstić information content (AvgIpc) is 2.98. The van der Waals surface area contributed by atoms with Gasteiger partial charge < -0.3 is 14.5 Å². The lowest BCUT2D eigenvalue weighted by Crippen LogP contribution is -2.48. The Hall–Kier alpha value is -3.42. The molecule has 1 aromatic carbocycles. The van der Waals surface area contributed by atoms with Crippen LogP contribution in [0.3, 0.4) is 0 Å². The lowest BCUT2D eigenvalue weighted by molar-refractivity contribution is -0.135. The van der Waals surface area contributed by atoms with Gasteiger partial charge in [-0.15, -0.1) is 0 Å². The highest BCUT2D eigenvalue weighted by Crippen LogP contribution is 2.35. The smallest absolute Gasteiger partial charge is 0.277 e. The predicted octanol–water partition coefficient (Wildman–Crippen LogP) is 1.02. The van der Waals surface area contributed by atoms with Gasteiger partial charge in [0.25, 0.3) is 11.8 Å². The number of carbonyl (C=O) groups excluding carboxylic acids is 2. The van der Waals surface area contributed by atoms with Crippen molar-refractivity contribution in [3.05, 3.63) is 54.0 Å². The molecule has 0 atom stereocenters. The first-order chi connectivity index (χ1) is 13.6. The second-order valence-corrected chi connectivity index (χ2v) is 6.62. The van der Waals surface area contributed by atoms with Gasteiger partial charge in [-0.1, -0.05) is 18.2 Å². The molecule has 1 fully saturated rings. The molecule has 3 heterocycles. The highest BCUT2D eigenvalue weighted by Gasteiger charge is 2.41. The lowest BCUT2D eigenvalue weighted by atomic mass is 10.0. The number of hydrogen-bond donors (Lipinski definition) is 0. The number of anilines is 1. The number of imide groups is 1. The Morgan fingerprint density at radius 1 is 0.893 bits per heavy atom. The zero-order valence-electron chi connectivity index (χ0n) is 15.8. The molecule has 144 valence electrons. The van der Waals surface area contributed by atoms with Gasteiger partial charge >= 0.3 is 0 Å². The fourth-order valence-corrected chi connectivity index (χ4v) is 3.60. The molecule has 8 heteroatoms. The van der Waals surface area contributed by atoms with Crippen LogP contribution in [0.5, 0.6) is 5.75 Å². The van der Waals surface area contributed by atoms with Crippen molar-refractivity contribution < 1.29 is 14.3 Å². The van der Waals surface area contributed by atoms with Gasteiger partial charge in [0.2, 0.25) is 5.95 Å². The van der Waals surface area contributed by atoms with Crippen LogP contribution in [0.25, 0.3) is 5.57 Å². The Bertz CT molecular complexity index is 936. The molecular weight excluding hydrogens is 358 g/mol. The van der Waals surface area contributed by atoms with E-state index in [0.717, 1.165) is 0 Å². The fraction of sp³-hybridized carbons (Fsp3) is 0.300. The monoisotopic (exact) mass is 379 g/mol. The largest absolute Gasteiger partial charge is 0.496 e. The van der Waals surface area contributed by atoms with Gasteiger partial charge in [-0.05, 0) is 12.1 Å². The lowest BCUT2D eigenvalue weighted by Gasteiger charge is -2.36. The average molecular weight is 379 g/mol. The minimum atomic E-state index is -0.307. The maximum Gasteiger partial charge on any atom is 0.277 e. The fourth-order valence-electron chi connectivity index (χ4n) is 3.60. The van der Waals surface area contributed by atoms with E-state index in [4.69, 9.17) is 4.74 Å². The number of ether oxygens (including phenoxy) is 1. The van der Waals surface area contributed by atoms with Crippen LogP contribution in [0.4, 0.5) is 5.95 Å². The van der Waals surface area contributed by atoms with Crippen molar-refractivity contribution in [2.45, 2.75) is 0 Å². The van der Waals surface area contributed by atoms with E-state index in [1.165, 1.54) is 11.9 Å². The molecule has 28 heavy (non-hydrogen) atoms. The zero-order valence-corrected chi connectivity index (χ0v) is 15.8. The number of benzene rings is 1. The van der Waals surface area contributed by atoms with Crippen LogP contribution in [-0.4, -0.2) is 71.9 Å². The highest BCUT2D eigenvalue weighted by molar-refractivity contribution is 6.35. The third kappa shape index (κ3) is 2.96. The molecule has 2 amide bonds. The molecule has 0 N–H and O–H groups in total. The van der Waals surface area contributed by atoms with Crippen molar-refractivity contribution >= 4 is 23.3 Å². The SMILES string of the molecule is COc1ccccc1C1=C(N2CCN(c3ncccn3)CC2)C(=O)N(C)C1=O. The molecule has 0 unspecified atom stereocenters. The van der Waals surface area contributed by atoms with Crippen LogP contribution >= 0.6 is 0 Å². The number of amides is 2. The minimum absolute atomic E-state index is 0.282. The summed E-state index contributed by atoms with van der Waals surface area (Å²) in [5.41, 5.74) is 1.47. The number of aromatic nitrogens is 2. The Labute approximate surface area is 163 Å². The molecule has 2 aliphatic rings. The van der Waals surface area contributed by atoms with Crippen LogP contribution < -0.4 is 9.64 Å². The molecule has 0 radical (unpaired) electrons. The van der Waals surface area contributed by atoms with Crippen LogP contribution in [0, 0.1) is 0 Å².